The van der Waals surface area contributed by atoms with E-state index < -0.39 is 0 Å². The molecule has 11 heteroatoms. The number of rotatable bonds is 9. The highest BCUT2D eigenvalue weighted by Crippen LogP contribution is 2.28. The van der Waals surface area contributed by atoms with Gasteiger partial charge in [0, 0.05) is 27.5 Å². The topological polar surface area (TPSA) is 81.9 Å². The lowest BCUT2D eigenvalue weighted by Crippen LogP contribution is -2.15. The molecule has 1 unspecified atom stereocenters. The fourth-order valence-electron chi connectivity index (χ4n) is 3.32. The van der Waals surface area contributed by atoms with Gasteiger partial charge in [-0.1, -0.05) is 47.1 Å². The van der Waals surface area contributed by atoms with Crippen molar-refractivity contribution < 1.29 is 9.53 Å². The van der Waals surface area contributed by atoms with E-state index in [1.165, 1.54) is 23.1 Å². The molecule has 7 nitrogen and oxygen atoms in total. The van der Waals surface area contributed by atoms with Crippen LogP contribution in [-0.4, -0.2) is 31.4 Å². The minimum absolute atomic E-state index is 0.167. The number of hydrogen-bond acceptors (Lipinski definition) is 7. The van der Waals surface area contributed by atoms with Crippen molar-refractivity contribution in [2.45, 2.75) is 38.6 Å². The Bertz CT molecular complexity index is 1320. The molecular formula is C24H23Cl2N5O2S2. The van der Waals surface area contributed by atoms with E-state index in [-0.39, 0.29) is 17.8 Å². The van der Waals surface area contributed by atoms with Gasteiger partial charge in [0.25, 0.3) is 0 Å². The molecule has 35 heavy (non-hydrogen) atoms. The highest BCUT2D eigenvalue weighted by Gasteiger charge is 2.20. The molecule has 2 heterocycles. The molecule has 0 fully saturated rings. The second-order valence-corrected chi connectivity index (χ2v) is 10.3. The number of thioether (sulfide) groups is 1. The number of hydrogen-bond donors (Lipinski definition) is 1. The average molecular weight is 549 g/mol. The molecule has 0 bridgehead atoms. The Morgan fingerprint density at radius 1 is 1.20 bits per heavy atom. The van der Waals surface area contributed by atoms with Crippen LogP contribution in [0.25, 0.3) is 11.3 Å². The number of benzene rings is 2. The zero-order chi connectivity index (χ0) is 24.9. The van der Waals surface area contributed by atoms with Crippen molar-refractivity contribution in [2.24, 2.45) is 0 Å². The van der Waals surface area contributed by atoms with E-state index in [1.54, 1.807) is 0 Å². The van der Waals surface area contributed by atoms with Crippen molar-refractivity contribution in [1.82, 2.24) is 19.7 Å². The first-order chi connectivity index (χ1) is 16.8. The molecule has 1 N–H and O–H groups in total. The van der Waals surface area contributed by atoms with Crippen molar-refractivity contribution in [3.63, 3.8) is 0 Å². The predicted octanol–water partition coefficient (Wildman–Crippen LogP) is 6.91. The predicted molar refractivity (Wildman–Crippen MR) is 143 cm³/mol. The fourth-order valence-corrected chi connectivity index (χ4v) is 5.11. The minimum atomic E-state index is -0.326. The Morgan fingerprint density at radius 3 is 2.69 bits per heavy atom. The van der Waals surface area contributed by atoms with Crippen LogP contribution in [0.4, 0.5) is 5.13 Å². The van der Waals surface area contributed by atoms with E-state index in [0.29, 0.717) is 38.5 Å². The molecular weight excluding hydrogens is 525 g/mol. The second-order valence-electron chi connectivity index (χ2n) is 7.64. The van der Waals surface area contributed by atoms with Gasteiger partial charge in [-0.15, -0.1) is 21.5 Å². The van der Waals surface area contributed by atoms with Gasteiger partial charge in [0.05, 0.1) is 11.4 Å². The number of aromatic nitrogens is 4. The summed E-state index contributed by atoms with van der Waals surface area (Å²) in [6.07, 6.45) is -0.326. The van der Waals surface area contributed by atoms with E-state index in [1.807, 2.05) is 73.2 Å². The lowest BCUT2D eigenvalue weighted by molar-refractivity contribution is -0.113. The van der Waals surface area contributed by atoms with Gasteiger partial charge >= 0.3 is 0 Å². The average Bonchev–Trinajstić information content (AvgIpc) is 3.47. The van der Waals surface area contributed by atoms with Crippen LogP contribution >= 0.6 is 46.3 Å². The molecule has 0 radical (unpaired) electrons. The van der Waals surface area contributed by atoms with Crippen molar-refractivity contribution in [2.75, 3.05) is 11.1 Å². The molecule has 0 saturated carbocycles. The van der Waals surface area contributed by atoms with Gasteiger partial charge in [0.1, 0.15) is 5.75 Å². The number of carbonyl (C=O) groups is 1. The van der Waals surface area contributed by atoms with E-state index >= 15 is 0 Å². The first-order valence-corrected chi connectivity index (χ1v) is 13.5. The van der Waals surface area contributed by atoms with Gasteiger partial charge in [0.2, 0.25) is 5.91 Å². The summed E-state index contributed by atoms with van der Waals surface area (Å²) in [5, 5.41) is 15.9. The summed E-state index contributed by atoms with van der Waals surface area (Å²) in [6.45, 7) is 6.50. The Kier molecular flexibility index (Phi) is 8.33. The first kappa shape index (κ1) is 25.5. The summed E-state index contributed by atoms with van der Waals surface area (Å²) in [5.41, 5.74) is 2.67. The standard InChI is InChI=1S/C24H23Cl2N5O2S2/c1-4-31-22(15(3)33-18-9-10-19(26)14(2)11-18)29-30-24(31)35-13-21(32)28-23-27-20(12-34-23)16-5-7-17(25)8-6-16/h5-12,15H,4,13H2,1-3H3,(H,27,28,32). The van der Waals surface area contributed by atoms with Crippen LogP contribution in [0.1, 0.15) is 31.3 Å². The largest absolute Gasteiger partial charge is 0.483 e. The number of halogens is 2. The molecule has 0 aliphatic heterocycles. The Hall–Kier alpha value is -2.59. The van der Waals surface area contributed by atoms with Crippen LogP contribution < -0.4 is 10.1 Å². The summed E-state index contributed by atoms with van der Waals surface area (Å²) in [7, 11) is 0. The van der Waals surface area contributed by atoms with Crippen molar-refractivity contribution >= 4 is 57.3 Å². The first-order valence-electron chi connectivity index (χ1n) is 10.8. The van der Waals surface area contributed by atoms with Gasteiger partial charge in [0.15, 0.2) is 22.2 Å². The van der Waals surface area contributed by atoms with E-state index in [9.17, 15) is 4.79 Å². The van der Waals surface area contributed by atoms with Crippen LogP contribution in [0.3, 0.4) is 0 Å². The van der Waals surface area contributed by atoms with Gasteiger partial charge in [-0.3, -0.25) is 4.79 Å². The minimum Gasteiger partial charge on any atom is -0.483 e. The Balaban J connectivity index is 1.36. The van der Waals surface area contributed by atoms with Crippen LogP contribution in [-0.2, 0) is 11.3 Å². The molecule has 182 valence electrons. The number of ether oxygens (including phenoxy) is 1. The molecule has 0 aliphatic carbocycles. The zero-order valence-electron chi connectivity index (χ0n) is 19.3. The van der Waals surface area contributed by atoms with Crippen LogP contribution in [0.15, 0.2) is 53.0 Å². The van der Waals surface area contributed by atoms with E-state index in [2.05, 4.69) is 20.5 Å². The molecule has 0 saturated heterocycles. The second kappa shape index (κ2) is 11.4. The Morgan fingerprint density at radius 2 is 1.97 bits per heavy atom. The van der Waals surface area contributed by atoms with Crippen molar-refractivity contribution in [1.29, 1.82) is 0 Å². The third kappa shape index (κ3) is 6.35. The van der Waals surface area contributed by atoms with E-state index in [0.717, 1.165) is 16.8 Å². The smallest absolute Gasteiger partial charge is 0.236 e. The van der Waals surface area contributed by atoms with Gasteiger partial charge < -0.3 is 14.6 Å². The third-order valence-electron chi connectivity index (χ3n) is 5.09. The highest BCUT2D eigenvalue weighted by molar-refractivity contribution is 7.99. The number of amides is 1. The molecule has 2 aromatic heterocycles. The van der Waals surface area contributed by atoms with Crippen LogP contribution in [0.5, 0.6) is 5.75 Å². The summed E-state index contributed by atoms with van der Waals surface area (Å²) >= 11 is 14.7. The normalized spacial score (nSPS) is 11.9. The number of nitrogens with zero attached hydrogens (tertiary/aromatic N) is 4. The van der Waals surface area contributed by atoms with Gasteiger partial charge in [-0.25, -0.2) is 4.98 Å². The number of carbonyl (C=O) groups excluding carboxylic acids is 1. The lowest BCUT2D eigenvalue weighted by Gasteiger charge is -2.16. The third-order valence-corrected chi connectivity index (χ3v) is 7.49. The quantitative estimate of drug-likeness (QED) is 0.229. The van der Waals surface area contributed by atoms with E-state index in [4.69, 9.17) is 27.9 Å². The maximum atomic E-state index is 12.5. The fraction of sp³-hybridized carbons (Fsp3) is 0.250. The molecule has 0 aliphatic rings. The van der Waals surface area contributed by atoms with Gasteiger partial charge in [-0.2, -0.15) is 0 Å². The number of thiazole rings is 1. The molecule has 4 rings (SSSR count). The maximum Gasteiger partial charge on any atom is 0.236 e. The number of nitrogens with one attached hydrogen (secondary N) is 1. The maximum absolute atomic E-state index is 12.5. The summed E-state index contributed by atoms with van der Waals surface area (Å²) in [5.74, 6) is 1.41. The molecule has 2 aromatic carbocycles. The number of aryl methyl sites for hydroxylation is 1. The summed E-state index contributed by atoms with van der Waals surface area (Å²) < 4.78 is 8.01. The van der Waals surface area contributed by atoms with Crippen LogP contribution in [0.2, 0.25) is 10.0 Å². The van der Waals surface area contributed by atoms with Gasteiger partial charge in [-0.05, 0) is 56.7 Å². The van der Waals surface area contributed by atoms with Crippen LogP contribution in [0, 0.1) is 6.92 Å². The molecule has 1 amide bonds. The molecule has 0 spiro atoms. The SMILES string of the molecule is CCn1c(SCC(=O)Nc2nc(-c3ccc(Cl)cc3)cs2)nnc1C(C)Oc1ccc(Cl)c(C)c1. The summed E-state index contributed by atoms with van der Waals surface area (Å²) in [4.78, 5) is 17.0. The van der Waals surface area contributed by atoms with Crippen molar-refractivity contribution in [3.8, 4) is 17.0 Å². The Labute approximate surface area is 221 Å². The number of anilines is 1. The van der Waals surface area contributed by atoms with Crippen molar-refractivity contribution in [3.05, 3.63) is 69.3 Å². The monoisotopic (exact) mass is 547 g/mol. The molecule has 4 aromatic rings. The highest BCUT2D eigenvalue weighted by atomic mass is 35.5. The zero-order valence-corrected chi connectivity index (χ0v) is 22.4. The summed E-state index contributed by atoms with van der Waals surface area (Å²) in [6, 6.07) is 12.9. The molecule has 1 atom stereocenters. The lowest BCUT2D eigenvalue weighted by atomic mass is 10.2.